The zero-order valence-electron chi connectivity index (χ0n) is 13.0. The van der Waals surface area contributed by atoms with Crippen LogP contribution < -0.4 is 5.32 Å². The number of nitrogens with one attached hydrogen (secondary N) is 1. The van der Waals surface area contributed by atoms with Crippen LogP contribution in [0.3, 0.4) is 0 Å². The van der Waals surface area contributed by atoms with Gasteiger partial charge in [-0.1, -0.05) is 19.8 Å². The van der Waals surface area contributed by atoms with Crippen LogP contribution in [0.25, 0.3) is 0 Å². The Labute approximate surface area is 123 Å². The summed E-state index contributed by atoms with van der Waals surface area (Å²) in [6, 6.07) is 3.04. The molecule has 2 saturated carbocycles. The van der Waals surface area contributed by atoms with Crippen LogP contribution in [-0.2, 0) is 13.5 Å². The third kappa shape index (κ3) is 3.63. The average molecular weight is 275 g/mol. The Balaban J connectivity index is 1.60. The van der Waals surface area contributed by atoms with Crippen molar-refractivity contribution in [2.24, 2.45) is 24.8 Å². The molecule has 3 rings (SSSR count). The van der Waals surface area contributed by atoms with Gasteiger partial charge in [0, 0.05) is 19.3 Å². The van der Waals surface area contributed by atoms with Crippen LogP contribution in [0.5, 0.6) is 0 Å². The second-order valence-corrected chi connectivity index (χ2v) is 6.97. The van der Waals surface area contributed by atoms with E-state index < -0.39 is 0 Å². The van der Waals surface area contributed by atoms with E-state index in [0.717, 1.165) is 23.8 Å². The lowest BCUT2D eigenvalue weighted by Gasteiger charge is -2.36. The van der Waals surface area contributed by atoms with Crippen LogP contribution in [0.1, 0.15) is 51.1 Å². The Kier molecular flexibility index (Phi) is 4.45. The van der Waals surface area contributed by atoms with Crippen molar-refractivity contribution in [3.05, 3.63) is 18.0 Å². The molecule has 0 aliphatic heterocycles. The summed E-state index contributed by atoms with van der Waals surface area (Å²) >= 11 is 0. The minimum Gasteiger partial charge on any atom is -0.314 e. The molecular weight excluding hydrogens is 246 g/mol. The SMILES string of the molecule is CCC1CCC(CNC2CC2)C(Cc2ccn(C)n2)C1. The molecule has 0 aromatic carbocycles. The maximum Gasteiger partial charge on any atom is 0.0627 e. The van der Waals surface area contributed by atoms with Gasteiger partial charge in [0.15, 0.2) is 0 Å². The lowest BCUT2D eigenvalue weighted by atomic mass is 9.71. The molecule has 3 nitrogen and oxygen atoms in total. The molecule has 2 aliphatic carbocycles. The van der Waals surface area contributed by atoms with Gasteiger partial charge in [-0.3, -0.25) is 4.68 Å². The van der Waals surface area contributed by atoms with Gasteiger partial charge in [0.05, 0.1) is 5.69 Å². The van der Waals surface area contributed by atoms with Gasteiger partial charge < -0.3 is 5.32 Å². The molecule has 20 heavy (non-hydrogen) atoms. The number of aromatic nitrogens is 2. The first kappa shape index (κ1) is 14.1. The maximum absolute atomic E-state index is 4.59. The molecule has 0 spiro atoms. The first-order chi connectivity index (χ1) is 9.74. The number of nitrogens with zero attached hydrogens (tertiary/aromatic N) is 2. The predicted molar refractivity (Wildman–Crippen MR) is 82.5 cm³/mol. The van der Waals surface area contributed by atoms with Gasteiger partial charge in [-0.2, -0.15) is 5.10 Å². The monoisotopic (exact) mass is 275 g/mol. The summed E-state index contributed by atoms with van der Waals surface area (Å²) in [5.74, 6) is 2.64. The largest absolute Gasteiger partial charge is 0.314 e. The van der Waals surface area contributed by atoms with Gasteiger partial charge in [-0.25, -0.2) is 0 Å². The summed E-state index contributed by atoms with van der Waals surface area (Å²) in [6.07, 6.45) is 11.7. The molecule has 2 aliphatic rings. The molecule has 2 fully saturated rings. The molecule has 1 heterocycles. The first-order valence-corrected chi connectivity index (χ1v) is 8.46. The third-order valence-corrected chi connectivity index (χ3v) is 5.31. The fraction of sp³-hybridized carbons (Fsp3) is 0.824. The maximum atomic E-state index is 4.59. The normalized spacial score (nSPS) is 30.6. The van der Waals surface area contributed by atoms with Crippen molar-refractivity contribution in [1.29, 1.82) is 0 Å². The number of aryl methyl sites for hydroxylation is 1. The van der Waals surface area contributed by atoms with Crippen molar-refractivity contribution in [3.8, 4) is 0 Å². The van der Waals surface area contributed by atoms with E-state index in [2.05, 4.69) is 29.6 Å². The summed E-state index contributed by atoms with van der Waals surface area (Å²) < 4.78 is 1.94. The van der Waals surface area contributed by atoms with E-state index >= 15 is 0 Å². The molecule has 0 amide bonds. The third-order valence-electron chi connectivity index (χ3n) is 5.31. The number of hydrogen-bond donors (Lipinski definition) is 1. The van der Waals surface area contributed by atoms with E-state index in [4.69, 9.17) is 0 Å². The minimum atomic E-state index is 0.829. The Morgan fingerprint density at radius 2 is 2.10 bits per heavy atom. The van der Waals surface area contributed by atoms with Crippen LogP contribution in [-0.4, -0.2) is 22.4 Å². The van der Waals surface area contributed by atoms with Crippen LogP contribution >= 0.6 is 0 Å². The van der Waals surface area contributed by atoms with Crippen molar-refractivity contribution in [2.75, 3.05) is 6.54 Å². The molecule has 3 atom stereocenters. The zero-order valence-corrected chi connectivity index (χ0v) is 13.0. The van der Waals surface area contributed by atoms with Crippen LogP contribution in [0.2, 0.25) is 0 Å². The van der Waals surface area contributed by atoms with Crippen molar-refractivity contribution < 1.29 is 0 Å². The Bertz CT molecular complexity index is 422. The van der Waals surface area contributed by atoms with E-state index in [1.807, 2.05) is 11.7 Å². The van der Waals surface area contributed by atoms with Crippen molar-refractivity contribution in [2.45, 2.75) is 57.9 Å². The molecule has 0 bridgehead atoms. The molecule has 1 aromatic rings. The van der Waals surface area contributed by atoms with E-state index in [1.54, 1.807) is 0 Å². The van der Waals surface area contributed by atoms with Crippen molar-refractivity contribution in [3.63, 3.8) is 0 Å². The second kappa shape index (κ2) is 6.30. The highest BCUT2D eigenvalue weighted by atomic mass is 15.2. The quantitative estimate of drug-likeness (QED) is 0.864. The summed E-state index contributed by atoms with van der Waals surface area (Å²) in [7, 11) is 2.02. The standard InChI is InChI=1S/C17H29N3/c1-3-13-4-5-14(12-18-16-6-7-16)15(10-13)11-17-8-9-20(2)19-17/h8-9,13-16,18H,3-7,10-12H2,1-2H3. The second-order valence-electron chi connectivity index (χ2n) is 6.97. The van der Waals surface area contributed by atoms with Gasteiger partial charge in [0.1, 0.15) is 0 Å². The summed E-state index contributed by atoms with van der Waals surface area (Å²) in [5.41, 5.74) is 1.28. The van der Waals surface area contributed by atoms with Crippen molar-refractivity contribution in [1.82, 2.24) is 15.1 Å². The van der Waals surface area contributed by atoms with Crippen LogP contribution in [0.4, 0.5) is 0 Å². The molecule has 112 valence electrons. The molecule has 3 heteroatoms. The Morgan fingerprint density at radius 3 is 2.75 bits per heavy atom. The highest BCUT2D eigenvalue weighted by molar-refractivity contribution is 5.02. The topological polar surface area (TPSA) is 29.9 Å². The molecule has 0 saturated heterocycles. The molecule has 3 unspecified atom stereocenters. The highest BCUT2D eigenvalue weighted by Crippen LogP contribution is 2.37. The molecule has 0 radical (unpaired) electrons. The minimum absolute atomic E-state index is 0.829. The number of hydrogen-bond acceptors (Lipinski definition) is 2. The van der Waals surface area contributed by atoms with Crippen LogP contribution in [0.15, 0.2) is 12.3 Å². The predicted octanol–water partition coefficient (Wildman–Crippen LogP) is 3.16. The van der Waals surface area contributed by atoms with E-state index in [1.165, 1.54) is 57.2 Å². The Hall–Kier alpha value is -0.830. The lowest BCUT2D eigenvalue weighted by molar-refractivity contribution is 0.170. The zero-order chi connectivity index (χ0) is 13.9. The first-order valence-electron chi connectivity index (χ1n) is 8.46. The van der Waals surface area contributed by atoms with Crippen molar-refractivity contribution >= 4 is 0 Å². The smallest absolute Gasteiger partial charge is 0.0627 e. The number of rotatable bonds is 6. The fourth-order valence-corrected chi connectivity index (χ4v) is 3.76. The van der Waals surface area contributed by atoms with Gasteiger partial charge in [-0.05, 0) is 62.5 Å². The average Bonchev–Trinajstić information content (AvgIpc) is 3.20. The van der Waals surface area contributed by atoms with E-state index in [9.17, 15) is 0 Å². The van der Waals surface area contributed by atoms with Gasteiger partial charge in [0.25, 0.3) is 0 Å². The molecule has 1 aromatic heterocycles. The molecule has 1 N–H and O–H groups in total. The summed E-state index contributed by atoms with van der Waals surface area (Å²) in [6.45, 7) is 3.59. The van der Waals surface area contributed by atoms with E-state index in [0.29, 0.717) is 0 Å². The van der Waals surface area contributed by atoms with Gasteiger partial charge in [-0.15, -0.1) is 0 Å². The Morgan fingerprint density at radius 1 is 1.25 bits per heavy atom. The van der Waals surface area contributed by atoms with Gasteiger partial charge in [0.2, 0.25) is 0 Å². The summed E-state index contributed by atoms with van der Waals surface area (Å²) in [4.78, 5) is 0. The highest BCUT2D eigenvalue weighted by Gasteiger charge is 2.31. The fourth-order valence-electron chi connectivity index (χ4n) is 3.76. The summed E-state index contributed by atoms with van der Waals surface area (Å²) in [5, 5.41) is 8.35. The lowest BCUT2D eigenvalue weighted by Crippen LogP contribution is -2.35. The molecular formula is C17H29N3. The van der Waals surface area contributed by atoms with Gasteiger partial charge >= 0.3 is 0 Å². The van der Waals surface area contributed by atoms with E-state index in [-0.39, 0.29) is 0 Å². The van der Waals surface area contributed by atoms with Crippen LogP contribution in [0, 0.1) is 17.8 Å².